The van der Waals surface area contributed by atoms with Gasteiger partial charge in [-0.15, -0.1) is 11.3 Å². The largest absolute Gasteiger partial charge is 0.497 e. The zero-order valence-corrected chi connectivity index (χ0v) is 16.4. The summed E-state index contributed by atoms with van der Waals surface area (Å²) in [7, 11) is 3.74. The molecule has 0 radical (unpaired) electrons. The molecule has 0 aliphatic heterocycles. The predicted molar refractivity (Wildman–Crippen MR) is 108 cm³/mol. The van der Waals surface area contributed by atoms with E-state index < -0.39 is 0 Å². The van der Waals surface area contributed by atoms with E-state index in [4.69, 9.17) is 4.74 Å². The van der Waals surface area contributed by atoms with Crippen LogP contribution in [0.1, 0.15) is 29.4 Å². The van der Waals surface area contributed by atoms with Gasteiger partial charge in [0, 0.05) is 23.9 Å². The molecule has 26 heavy (non-hydrogen) atoms. The molecule has 2 aromatic heterocycles. The van der Waals surface area contributed by atoms with E-state index in [1.165, 1.54) is 24.2 Å². The molecular weight excluding hydrogens is 346 g/mol. The van der Waals surface area contributed by atoms with Gasteiger partial charge in [-0.2, -0.15) is 0 Å². The van der Waals surface area contributed by atoms with Gasteiger partial charge in [0.15, 0.2) is 0 Å². The van der Waals surface area contributed by atoms with Crippen LogP contribution in [0.2, 0.25) is 0 Å². The molecule has 0 spiro atoms. The number of fused-ring (bicyclic) bond motifs is 2. The molecule has 0 saturated heterocycles. The number of hydrogen-bond donors (Lipinski definition) is 1. The monoisotopic (exact) mass is 371 g/mol. The highest BCUT2D eigenvalue weighted by atomic mass is 32.1. The molecule has 1 aromatic carbocycles. The van der Waals surface area contributed by atoms with Crippen molar-refractivity contribution in [1.29, 1.82) is 0 Å². The third-order valence-corrected chi connectivity index (χ3v) is 5.45. The topological polar surface area (TPSA) is 54.5 Å². The van der Waals surface area contributed by atoms with Crippen LogP contribution >= 0.6 is 11.3 Å². The van der Waals surface area contributed by atoms with Crippen LogP contribution in [-0.2, 0) is 0 Å². The molecule has 1 N–H and O–H groups in total. The van der Waals surface area contributed by atoms with Gasteiger partial charge in [-0.3, -0.25) is 4.79 Å². The van der Waals surface area contributed by atoms with Crippen molar-refractivity contribution in [2.75, 3.05) is 33.8 Å². The van der Waals surface area contributed by atoms with Crippen LogP contribution in [0.5, 0.6) is 5.75 Å². The number of thiophene rings is 1. The Labute approximate surface area is 158 Å². The minimum Gasteiger partial charge on any atom is -0.497 e. The number of aromatic nitrogens is 1. The molecule has 138 valence electrons. The van der Waals surface area contributed by atoms with Gasteiger partial charge in [0.1, 0.15) is 10.6 Å². The van der Waals surface area contributed by atoms with Crippen LogP contribution in [0.25, 0.3) is 21.1 Å². The van der Waals surface area contributed by atoms with E-state index >= 15 is 0 Å². The number of rotatable bonds is 8. The van der Waals surface area contributed by atoms with Crippen LogP contribution < -0.4 is 10.1 Å². The maximum Gasteiger partial charge on any atom is 0.261 e. The molecule has 3 aromatic rings. The van der Waals surface area contributed by atoms with E-state index in [2.05, 4.69) is 35.2 Å². The van der Waals surface area contributed by atoms with E-state index in [-0.39, 0.29) is 5.91 Å². The number of carbonyl (C=O) groups excluding carboxylic acids is 1. The zero-order chi connectivity index (χ0) is 18.5. The second-order valence-corrected chi connectivity index (χ2v) is 7.50. The molecule has 0 unspecified atom stereocenters. The van der Waals surface area contributed by atoms with Crippen molar-refractivity contribution in [1.82, 2.24) is 15.2 Å². The Hall–Kier alpha value is -2.18. The Kier molecular flexibility index (Phi) is 6.06. The summed E-state index contributed by atoms with van der Waals surface area (Å²) in [6.45, 7) is 4.76. The van der Waals surface area contributed by atoms with E-state index in [1.54, 1.807) is 7.11 Å². The normalized spacial score (nSPS) is 11.4. The maximum absolute atomic E-state index is 12.4. The van der Waals surface area contributed by atoms with Gasteiger partial charge in [0.2, 0.25) is 0 Å². The molecule has 0 saturated carbocycles. The van der Waals surface area contributed by atoms with Crippen molar-refractivity contribution >= 4 is 38.4 Å². The van der Waals surface area contributed by atoms with E-state index in [1.807, 2.05) is 24.3 Å². The third-order valence-electron chi connectivity index (χ3n) is 4.40. The molecule has 0 atom stereocenters. The van der Waals surface area contributed by atoms with Crippen molar-refractivity contribution in [3.05, 3.63) is 35.2 Å². The second kappa shape index (κ2) is 8.47. The summed E-state index contributed by atoms with van der Waals surface area (Å²) in [5.41, 5.74) is 0.907. The lowest BCUT2D eigenvalue weighted by atomic mass is 10.2. The average Bonchev–Trinajstić information content (AvgIpc) is 3.06. The third kappa shape index (κ3) is 4.31. The van der Waals surface area contributed by atoms with E-state index in [0.717, 1.165) is 40.0 Å². The van der Waals surface area contributed by atoms with Gasteiger partial charge >= 0.3 is 0 Å². The fourth-order valence-corrected chi connectivity index (χ4v) is 3.78. The minimum absolute atomic E-state index is 0.0291. The molecular formula is C20H25N3O2S. The van der Waals surface area contributed by atoms with Crippen LogP contribution in [0.3, 0.4) is 0 Å². The number of unbranched alkanes of at least 4 members (excludes halogenated alkanes) is 1. The Bertz CT molecular complexity index is 907. The lowest BCUT2D eigenvalue weighted by Gasteiger charge is -2.15. The summed E-state index contributed by atoms with van der Waals surface area (Å²) >= 11 is 1.43. The van der Waals surface area contributed by atoms with Crippen molar-refractivity contribution in [3.63, 3.8) is 0 Å². The standard InChI is InChI=1S/C20H25N3O2S/c1-4-5-9-23(2)10-8-21-19(24)18-13-15-11-14-12-16(25-3)6-7-17(14)22-20(15)26-18/h6-7,11-13H,4-5,8-10H2,1-3H3,(H,21,24). The molecule has 0 fully saturated rings. The number of pyridine rings is 1. The summed E-state index contributed by atoms with van der Waals surface area (Å²) in [5.74, 6) is 0.776. The Morgan fingerprint density at radius 1 is 1.23 bits per heavy atom. The fourth-order valence-electron chi connectivity index (χ4n) is 2.84. The number of nitrogens with one attached hydrogen (secondary N) is 1. The number of hydrogen-bond acceptors (Lipinski definition) is 5. The summed E-state index contributed by atoms with van der Waals surface area (Å²) in [6.07, 6.45) is 2.37. The van der Waals surface area contributed by atoms with Crippen molar-refractivity contribution < 1.29 is 9.53 Å². The number of methoxy groups -OCH3 is 1. The van der Waals surface area contributed by atoms with Crippen molar-refractivity contribution in [2.24, 2.45) is 0 Å². The smallest absolute Gasteiger partial charge is 0.261 e. The molecule has 0 aliphatic carbocycles. The van der Waals surface area contributed by atoms with Gasteiger partial charge in [0.25, 0.3) is 5.91 Å². The number of ether oxygens (including phenoxy) is 1. The Morgan fingerprint density at radius 3 is 2.85 bits per heavy atom. The predicted octanol–water partition coefficient (Wildman–Crippen LogP) is 3.92. The fraction of sp³-hybridized carbons (Fsp3) is 0.400. The molecule has 6 heteroatoms. The number of nitrogens with zero attached hydrogens (tertiary/aromatic N) is 2. The Morgan fingerprint density at radius 2 is 2.08 bits per heavy atom. The first-order valence-corrected chi connectivity index (χ1v) is 9.77. The van der Waals surface area contributed by atoms with Gasteiger partial charge in [0.05, 0.1) is 17.5 Å². The highest BCUT2D eigenvalue weighted by Gasteiger charge is 2.12. The van der Waals surface area contributed by atoms with Crippen molar-refractivity contribution in [2.45, 2.75) is 19.8 Å². The van der Waals surface area contributed by atoms with Gasteiger partial charge in [-0.25, -0.2) is 4.98 Å². The average molecular weight is 372 g/mol. The zero-order valence-electron chi connectivity index (χ0n) is 15.5. The first-order chi connectivity index (χ1) is 12.6. The van der Waals surface area contributed by atoms with Gasteiger partial charge in [-0.05, 0) is 50.3 Å². The molecule has 1 amide bonds. The Balaban J connectivity index is 1.69. The van der Waals surface area contributed by atoms with Gasteiger partial charge in [-0.1, -0.05) is 13.3 Å². The highest BCUT2D eigenvalue weighted by molar-refractivity contribution is 7.20. The minimum atomic E-state index is -0.0291. The number of amides is 1. The summed E-state index contributed by atoms with van der Waals surface area (Å²) in [4.78, 5) is 20.9. The van der Waals surface area contributed by atoms with Crippen LogP contribution in [0, 0.1) is 0 Å². The summed E-state index contributed by atoms with van der Waals surface area (Å²) in [6, 6.07) is 9.79. The van der Waals surface area contributed by atoms with Crippen molar-refractivity contribution in [3.8, 4) is 5.75 Å². The SMILES string of the molecule is CCCCN(C)CCNC(=O)c1cc2cc3cc(OC)ccc3nc2s1. The molecule has 0 bridgehead atoms. The summed E-state index contributed by atoms with van der Waals surface area (Å²) < 4.78 is 5.27. The molecule has 0 aliphatic rings. The lowest BCUT2D eigenvalue weighted by molar-refractivity contribution is 0.0954. The lowest BCUT2D eigenvalue weighted by Crippen LogP contribution is -2.33. The number of likely N-dealkylation sites (N-methyl/N-ethyl adjacent to an activating group) is 1. The van der Waals surface area contributed by atoms with E-state index in [9.17, 15) is 4.79 Å². The van der Waals surface area contributed by atoms with E-state index in [0.29, 0.717) is 11.4 Å². The maximum atomic E-state index is 12.4. The molecule has 2 heterocycles. The first kappa shape index (κ1) is 18.6. The summed E-state index contributed by atoms with van der Waals surface area (Å²) in [5, 5.41) is 5.01. The van der Waals surface area contributed by atoms with Crippen LogP contribution in [-0.4, -0.2) is 49.6 Å². The number of carbonyl (C=O) groups is 1. The number of benzene rings is 1. The quantitative estimate of drug-likeness (QED) is 0.652. The molecule has 5 nitrogen and oxygen atoms in total. The van der Waals surface area contributed by atoms with Gasteiger partial charge < -0.3 is 15.0 Å². The second-order valence-electron chi connectivity index (χ2n) is 6.46. The van der Waals surface area contributed by atoms with Crippen LogP contribution in [0.15, 0.2) is 30.3 Å². The first-order valence-electron chi connectivity index (χ1n) is 8.96. The highest BCUT2D eigenvalue weighted by Crippen LogP contribution is 2.29. The van der Waals surface area contributed by atoms with Crippen LogP contribution in [0.4, 0.5) is 0 Å². The molecule has 3 rings (SSSR count).